The van der Waals surface area contributed by atoms with Crippen LogP contribution in [0.4, 0.5) is 5.82 Å². The number of piperazine rings is 1. The average molecular weight is 460 g/mol. The lowest BCUT2D eigenvalue weighted by Gasteiger charge is -2.42. The van der Waals surface area contributed by atoms with E-state index in [1.54, 1.807) is 0 Å². The number of H-pyrrole nitrogens is 1. The van der Waals surface area contributed by atoms with Gasteiger partial charge in [-0.05, 0) is 31.7 Å². The first-order valence-corrected chi connectivity index (χ1v) is 12.5. The van der Waals surface area contributed by atoms with Gasteiger partial charge in [-0.1, -0.05) is 12.8 Å². The molecule has 0 atom stereocenters. The maximum atomic E-state index is 13.3. The van der Waals surface area contributed by atoms with E-state index >= 15 is 0 Å². The van der Waals surface area contributed by atoms with Gasteiger partial charge in [-0.25, -0.2) is 14.3 Å². The van der Waals surface area contributed by atoms with Crippen molar-refractivity contribution < 1.29 is 13.2 Å². The van der Waals surface area contributed by atoms with E-state index in [2.05, 4.69) is 25.9 Å². The van der Waals surface area contributed by atoms with E-state index in [4.69, 9.17) is 5.26 Å². The minimum atomic E-state index is -3.89. The number of aromatic nitrogens is 3. The van der Waals surface area contributed by atoms with Crippen LogP contribution < -0.4 is 4.90 Å². The standard InChI is InChI=1S/C21H29N7O3S/c1-26(18(29)7-5-3-2-4-6-11-22)32(30,31)28-14-13-27(15-21(28)9-10-21)20-17-8-12-23-19(17)24-16-25-20/h8,12,16H,2-7,9-10,13-15H2,1H3,(H,23,24,25). The molecule has 1 aliphatic carbocycles. The Hall–Kier alpha value is -2.71. The fraction of sp³-hybridized carbons (Fsp3) is 0.619. The quantitative estimate of drug-likeness (QED) is 0.570. The molecule has 1 aliphatic heterocycles. The van der Waals surface area contributed by atoms with Crippen molar-refractivity contribution in [1.82, 2.24) is 23.6 Å². The number of unbranched alkanes of at least 4 members (excludes halogenated alkanes) is 4. The molecule has 0 unspecified atom stereocenters. The van der Waals surface area contributed by atoms with Crippen LogP contribution >= 0.6 is 0 Å². The molecule has 2 fully saturated rings. The van der Waals surface area contributed by atoms with Crippen LogP contribution in [0, 0.1) is 11.3 Å². The number of hydrogen-bond acceptors (Lipinski definition) is 7. The average Bonchev–Trinajstić information content (AvgIpc) is 3.35. The van der Waals surface area contributed by atoms with Gasteiger partial charge in [0, 0.05) is 45.7 Å². The Balaban J connectivity index is 1.40. The van der Waals surface area contributed by atoms with Crippen LogP contribution in [0.5, 0.6) is 0 Å². The third-order valence-electron chi connectivity index (χ3n) is 6.45. The summed E-state index contributed by atoms with van der Waals surface area (Å²) >= 11 is 0. The first-order chi connectivity index (χ1) is 15.4. The van der Waals surface area contributed by atoms with Crippen LogP contribution in [-0.2, 0) is 15.0 Å². The largest absolute Gasteiger partial charge is 0.353 e. The maximum absolute atomic E-state index is 13.3. The molecule has 1 spiro atoms. The van der Waals surface area contributed by atoms with E-state index in [1.165, 1.54) is 17.7 Å². The fourth-order valence-corrected chi connectivity index (χ4v) is 6.12. The van der Waals surface area contributed by atoms with Crippen molar-refractivity contribution in [3.63, 3.8) is 0 Å². The van der Waals surface area contributed by atoms with E-state index in [0.717, 1.165) is 53.3 Å². The fourth-order valence-electron chi connectivity index (χ4n) is 4.43. The molecule has 11 heteroatoms. The van der Waals surface area contributed by atoms with Gasteiger partial charge in [-0.15, -0.1) is 0 Å². The number of anilines is 1. The Morgan fingerprint density at radius 3 is 2.78 bits per heavy atom. The predicted molar refractivity (Wildman–Crippen MR) is 120 cm³/mol. The molecular formula is C21H29N7O3S. The Bertz CT molecular complexity index is 1120. The summed E-state index contributed by atoms with van der Waals surface area (Å²) in [4.78, 5) is 26.5. The number of nitrogens with one attached hydrogen (secondary N) is 1. The molecule has 0 bridgehead atoms. The topological polar surface area (TPSA) is 126 Å². The Kier molecular flexibility index (Phi) is 6.35. The molecule has 1 N–H and O–H groups in total. The summed E-state index contributed by atoms with van der Waals surface area (Å²) in [5.74, 6) is 0.425. The zero-order chi connectivity index (χ0) is 22.8. The first kappa shape index (κ1) is 22.5. The number of nitrogens with zero attached hydrogens (tertiary/aromatic N) is 6. The second-order valence-corrected chi connectivity index (χ2v) is 10.5. The SMILES string of the molecule is CN(C(=O)CCCCCCC#N)S(=O)(=O)N1CCN(c2ncnc3[nH]ccc23)CC12CC2. The van der Waals surface area contributed by atoms with E-state index in [9.17, 15) is 13.2 Å². The molecule has 1 saturated heterocycles. The van der Waals surface area contributed by atoms with Crippen LogP contribution in [0.3, 0.4) is 0 Å². The molecule has 10 nitrogen and oxygen atoms in total. The van der Waals surface area contributed by atoms with Crippen molar-refractivity contribution in [2.45, 2.75) is 56.9 Å². The summed E-state index contributed by atoms with van der Waals surface area (Å²) in [7, 11) is -2.52. The van der Waals surface area contributed by atoms with Gasteiger partial charge in [0.15, 0.2) is 0 Å². The number of aromatic amines is 1. The smallest absolute Gasteiger partial charge is 0.306 e. The van der Waals surface area contributed by atoms with E-state index in [1.807, 2.05) is 12.3 Å². The van der Waals surface area contributed by atoms with Crippen LogP contribution in [0.2, 0.25) is 0 Å². The molecule has 0 radical (unpaired) electrons. The first-order valence-electron chi connectivity index (χ1n) is 11.1. The minimum Gasteiger partial charge on any atom is -0.353 e. The maximum Gasteiger partial charge on any atom is 0.306 e. The summed E-state index contributed by atoms with van der Waals surface area (Å²) in [6.07, 6.45) is 8.72. The highest BCUT2D eigenvalue weighted by Gasteiger charge is 2.57. The zero-order valence-corrected chi connectivity index (χ0v) is 19.1. The van der Waals surface area contributed by atoms with Gasteiger partial charge in [-0.2, -0.15) is 18.0 Å². The van der Waals surface area contributed by atoms with Crippen LogP contribution in [0.15, 0.2) is 18.6 Å². The van der Waals surface area contributed by atoms with E-state index in [0.29, 0.717) is 32.5 Å². The molecule has 172 valence electrons. The van der Waals surface area contributed by atoms with E-state index in [-0.39, 0.29) is 12.3 Å². The Labute approximate surface area is 188 Å². The zero-order valence-electron chi connectivity index (χ0n) is 18.3. The second kappa shape index (κ2) is 9.03. The number of rotatable bonds is 9. The molecule has 3 heterocycles. The Morgan fingerprint density at radius 2 is 2.03 bits per heavy atom. The third kappa shape index (κ3) is 4.29. The van der Waals surface area contributed by atoms with Gasteiger partial charge in [0.1, 0.15) is 17.8 Å². The summed E-state index contributed by atoms with van der Waals surface area (Å²) < 4.78 is 29.1. The van der Waals surface area contributed by atoms with E-state index < -0.39 is 15.7 Å². The van der Waals surface area contributed by atoms with Gasteiger partial charge in [0.05, 0.1) is 17.0 Å². The molecule has 2 aromatic heterocycles. The lowest BCUT2D eigenvalue weighted by molar-refractivity contribution is -0.126. The summed E-state index contributed by atoms with van der Waals surface area (Å²) in [5, 5.41) is 9.49. The number of amides is 1. The lowest BCUT2D eigenvalue weighted by atomic mass is 10.1. The van der Waals surface area contributed by atoms with Gasteiger partial charge in [-0.3, -0.25) is 4.79 Å². The number of carbonyl (C=O) groups is 1. The van der Waals surface area contributed by atoms with Crippen LogP contribution in [0.1, 0.15) is 51.4 Å². The van der Waals surface area contributed by atoms with Crippen molar-refractivity contribution in [3.8, 4) is 6.07 Å². The lowest BCUT2D eigenvalue weighted by Crippen LogP contribution is -2.60. The molecule has 4 rings (SSSR count). The number of hydrogen-bond donors (Lipinski definition) is 1. The molecule has 1 amide bonds. The van der Waals surface area contributed by atoms with Crippen molar-refractivity contribution in [2.75, 3.05) is 31.6 Å². The predicted octanol–water partition coefficient (Wildman–Crippen LogP) is 2.18. The van der Waals surface area contributed by atoms with Crippen LogP contribution in [0.25, 0.3) is 11.0 Å². The Morgan fingerprint density at radius 1 is 1.25 bits per heavy atom. The normalized spacial score (nSPS) is 18.1. The summed E-state index contributed by atoms with van der Waals surface area (Å²) in [5.41, 5.74) is 0.268. The number of nitriles is 1. The molecule has 32 heavy (non-hydrogen) atoms. The van der Waals surface area contributed by atoms with Crippen molar-refractivity contribution in [1.29, 1.82) is 5.26 Å². The van der Waals surface area contributed by atoms with Crippen molar-refractivity contribution in [2.24, 2.45) is 0 Å². The third-order valence-corrected chi connectivity index (χ3v) is 8.47. The molecular weight excluding hydrogens is 430 g/mol. The minimum absolute atomic E-state index is 0.196. The summed E-state index contributed by atoms with van der Waals surface area (Å²) in [6, 6.07) is 4.03. The number of carbonyl (C=O) groups excluding carboxylic acids is 1. The second-order valence-electron chi connectivity index (χ2n) is 8.60. The van der Waals surface area contributed by atoms with Crippen molar-refractivity contribution >= 4 is 33.0 Å². The highest BCUT2D eigenvalue weighted by atomic mass is 32.2. The molecule has 2 aromatic rings. The van der Waals surface area contributed by atoms with Gasteiger partial charge < -0.3 is 9.88 Å². The van der Waals surface area contributed by atoms with Crippen molar-refractivity contribution in [3.05, 3.63) is 18.6 Å². The van der Waals surface area contributed by atoms with Gasteiger partial charge >= 0.3 is 10.2 Å². The monoisotopic (exact) mass is 459 g/mol. The summed E-state index contributed by atoms with van der Waals surface area (Å²) in [6.45, 7) is 1.35. The molecule has 0 aromatic carbocycles. The molecule has 2 aliphatic rings. The molecule has 1 saturated carbocycles. The van der Waals surface area contributed by atoms with Crippen LogP contribution in [-0.4, -0.2) is 70.1 Å². The highest BCUT2D eigenvalue weighted by molar-refractivity contribution is 7.87. The van der Waals surface area contributed by atoms with Gasteiger partial charge in [0.2, 0.25) is 5.91 Å². The van der Waals surface area contributed by atoms with Gasteiger partial charge in [0.25, 0.3) is 0 Å². The highest BCUT2D eigenvalue weighted by Crippen LogP contribution is 2.47. The number of fused-ring (bicyclic) bond motifs is 1.